The third-order valence-corrected chi connectivity index (χ3v) is 6.40. The van der Waals surface area contributed by atoms with Crippen LogP contribution in [0.2, 0.25) is 0 Å². The van der Waals surface area contributed by atoms with E-state index in [1.807, 2.05) is 25.1 Å². The standard InChI is InChI=1S/C29H28BrN5O5/c1-4-7-9-26-33-24-12-10-21(30)16-23(24)29(36)34(26)32-17-19-14-20(8-5-2)28(25(15-19)39-6-3)40-27-13-11-22(18-31-27)35(37)38/h5,10-18H,2,4,6-9H2,1,3H3. The molecule has 0 spiro atoms. The third-order valence-electron chi connectivity index (χ3n) is 5.91. The van der Waals surface area contributed by atoms with E-state index in [0.717, 1.165) is 29.1 Å². The molecule has 4 rings (SSSR count). The Hall–Kier alpha value is -4.38. The molecule has 206 valence electrons. The van der Waals surface area contributed by atoms with Gasteiger partial charge in [-0.15, -0.1) is 6.58 Å². The number of aryl methyl sites for hydroxylation is 1. The number of nitro groups is 1. The van der Waals surface area contributed by atoms with E-state index in [2.05, 4.69) is 39.5 Å². The van der Waals surface area contributed by atoms with Crippen molar-refractivity contribution in [1.82, 2.24) is 14.6 Å². The van der Waals surface area contributed by atoms with E-state index in [1.165, 1.54) is 16.8 Å². The van der Waals surface area contributed by atoms with Gasteiger partial charge in [0.05, 0.1) is 28.6 Å². The molecule has 4 aromatic rings. The number of allylic oxidation sites excluding steroid dienone is 1. The number of unbranched alkanes of at least 4 members (excludes halogenated alkanes) is 1. The zero-order valence-electron chi connectivity index (χ0n) is 22.2. The summed E-state index contributed by atoms with van der Waals surface area (Å²) in [5, 5.41) is 16.0. The minimum Gasteiger partial charge on any atom is -0.490 e. The average Bonchev–Trinajstić information content (AvgIpc) is 2.94. The third kappa shape index (κ3) is 6.60. The molecular weight excluding hydrogens is 578 g/mol. The summed E-state index contributed by atoms with van der Waals surface area (Å²) in [5.74, 6) is 1.61. The Morgan fingerprint density at radius 1 is 1.20 bits per heavy atom. The Bertz CT molecular complexity index is 1630. The first-order chi connectivity index (χ1) is 19.3. The van der Waals surface area contributed by atoms with Crippen LogP contribution in [0.5, 0.6) is 17.4 Å². The van der Waals surface area contributed by atoms with Crippen LogP contribution in [-0.2, 0) is 12.8 Å². The van der Waals surface area contributed by atoms with Gasteiger partial charge in [0.15, 0.2) is 11.5 Å². The van der Waals surface area contributed by atoms with Crippen molar-refractivity contribution in [3.05, 3.63) is 103 Å². The van der Waals surface area contributed by atoms with Gasteiger partial charge in [-0.05, 0) is 55.7 Å². The number of hydrogen-bond donors (Lipinski definition) is 0. The molecule has 0 atom stereocenters. The Kier molecular flexibility index (Phi) is 9.39. The first-order valence-electron chi connectivity index (χ1n) is 12.8. The number of pyridine rings is 1. The summed E-state index contributed by atoms with van der Waals surface area (Å²) >= 11 is 3.43. The Morgan fingerprint density at radius 3 is 2.70 bits per heavy atom. The topological polar surface area (TPSA) is 122 Å². The van der Waals surface area contributed by atoms with Crippen LogP contribution < -0.4 is 15.0 Å². The predicted molar refractivity (Wildman–Crippen MR) is 158 cm³/mol. The number of halogens is 1. The molecule has 0 saturated heterocycles. The van der Waals surface area contributed by atoms with E-state index in [9.17, 15) is 14.9 Å². The van der Waals surface area contributed by atoms with Gasteiger partial charge in [-0.25, -0.2) is 9.97 Å². The molecule has 2 aromatic carbocycles. The highest BCUT2D eigenvalue weighted by atomic mass is 79.9. The number of hydrogen-bond acceptors (Lipinski definition) is 8. The van der Waals surface area contributed by atoms with Crippen molar-refractivity contribution in [3.63, 3.8) is 0 Å². The fourth-order valence-corrected chi connectivity index (χ4v) is 4.39. The first kappa shape index (κ1) is 28.6. The minimum atomic E-state index is -0.525. The maximum atomic E-state index is 13.4. The van der Waals surface area contributed by atoms with Crippen molar-refractivity contribution in [1.29, 1.82) is 0 Å². The SMILES string of the molecule is C=CCc1cc(C=Nn2c(CCCC)nc3ccc(Br)cc3c2=O)cc(OCC)c1Oc1ccc([N+](=O)[O-])cn1. The summed E-state index contributed by atoms with van der Waals surface area (Å²) in [4.78, 5) is 32.7. The summed E-state index contributed by atoms with van der Waals surface area (Å²) in [6.45, 7) is 8.13. The van der Waals surface area contributed by atoms with Crippen molar-refractivity contribution in [2.45, 2.75) is 39.5 Å². The number of benzene rings is 2. The van der Waals surface area contributed by atoms with E-state index < -0.39 is 4.92 Å². The van der Waals surface area contributed by atoms with E-state index in [-0.39, 0.29) is 17.1 Å². The van der Waals surface area contributed by atoms with Gasteiger partial charge in [-0.2, -0.15) is 9.78 Å². The molecule has 0 aliphatic carbocycles. The van der Waals surface area contributed by atoms with Crippen molar-refractivity contribution < 1.29 is 14.4 Å². The zero-order valence-corrected chi connectivity index (χ0v) is 23.8. The first-order valence-corrected chi connectivity index (χ1v) is 13.6. The minimum absolute atomic E-state index is 0.139. The molecule has 0 bridgehead atoms. The molecule has 10 nitrogen and oxygen atoms in total. The molecule has 0 saturated carbocycles. The summed E-state index contributed by atoms with van der Waals surface area (Å²) < 4.78 is 14.0. The lowest BCUT2D eigenvalue weighted by molar-refractivity contribution is -0.385. The van der Waals surface area contributed by atoms with Crippen LogP contribution in [0, 0.1) is 10.1 Å². The molecule has 0 N–H and O–H groups in total. The van der Waals surface area contributed by atoms with Crippen LogP contribution in [-0.4, -0.2) is 32.4 Å². The molecule has 0 aliphatic heterocycles. The molecule has 2 heterocycles. The summed E-state index contributed by atoms with van der Waals surface area (Å²) in [7, 11) is 0. The maximum Gasteiger partial charge on any atom is 0.287 e. The molecule has 2 aromatic heterocycles. The number of ether oxygens (including phenoxy) is 2. The number of rotatable bonds is 12. The Morgan fingerprint density at radius 2 is 2.02 bits per heavy atom. The van der Waals surface area contributed by atoms with Gasteiger partial charge < -0.3 is 9.47 Å². The highest BCUT2D eigenvalue weighted by Crippen LogP contribution is 2.36. The number of nitrogens with zero attached hydrogens (tertiary/aromatic N) is 5. The van der Waals surface area contributed by atoms with Crippen LogP contribution in [0.1, 0.15) is 43.6 Å². The van der Waals surface area contributed by atoms with Crippen LogP contribution in [0.4, 0.5) is 5.69 Å². The second-order valence-corrected chi connectivity index (χ2v) is 9.72. The van der Waals surface area contributed by atoms with E-state index in [1.54, 1.807) is 24.4 Å². The van der Waals surface area contributed by atoms with Gasteiger partial charge in [0.25, 0.3) is 11.2 Å². The smallest absolute Gasteiger partial charge is 0.287 e. The molecule has 0 unspecified atom stereocenters. The van der Waals surface area contributed by atoms with Crippen molar-refractivity contribution in [3.8, 4) is 17.4 Å². The van der Waals surface area contributed by atoms with E-state index in [4.69, 9.17) is 14.5 Å². The lowest BCUT2D eigenvalue weighted by atomic mass is 10.1. The molecule has 0 fully saturated rings. The predicted octanol–water partition coefficient (Wildman–Crippen LogP) is 6.61. The van der Waals surface area contributed by atoms with Crippen LogP contribution in [0.15, 0.2) is 75.7 Å². The van der Waals surface area contributed by atoms with Gasteiger partial charge in [-0.3, -0.25) is 14.9 Å². The largest absolute Gasteiger partial charge is 0.490 e. The fraction of sp³-hybridized carbons (Fsp3) is 0.241. The molecule has 11 heteroatoms. The lowest BCUT2D eigenvalue weighted by Gasteiger charge is -2.16. The van der Waals surface area contributed by atoms with Gasteiger partial charge >= 0.3 is 0 Å². The Balaban J connectivity index is 1.77. The maximum absolute atomic E-state index is 13.4. The summed E-state index contributed by atoms with van der Waals surface area (Å²) in [6.07, 6.45) is 7.31. The van der Waals surface area contributed by atoms with E-state index in [0.29, 0.717) is 53.2 Å². The normalized spacial score (nSPS) is 11.2. The molecule has 0 amide bonds. The summed E-state index contributed by atoms with van der Waals surface area (Å²) in [5.41, 5.74) is 1.64. The molecule has 0 radical (unpaired) electrons. The highest BCUT2D eigenvalue weighted by molar-refractivity contribution is 9.10. The van der Waals surface area contributed by atoms with Crippen LogP contribution in [0.25, 0.3) is 10.9 Å². The van der Waals surface area contributed by atoms with Gasteiger partial charge in [0.2, 0.25) is 5.88 Å². The monoisotopic (exact) mass is 605 g/mol. The fourth-order valence-electron chi connectivity index (χ4n) is 4.02. The van der Waals surface area contributed by atoms with Crippen molar-refractivity contribution in [2.24, 2.45) is 5.10 Å². The van der Waals surface area contributed by atoms with Gasteiger partial charge in [-0.1, -0.05) is 35.4 Å². The second-order valence-electron chi connectivity index (χ2n) is 8.80. The lowest BCUT2D eigenvalue weighted by Crippen LogP contribution is -2.22. The number of fused-ring (bicyclic) bond motifs is 1. The van der Waals surface area contributed by atoms with E-state index >= 15 is 0 Å². The Labute approximate surface area is 239 Å². The highest BCUT2D eigenvalue weighted by Gasteiger charge is 2.16. The second kappa shape index (κ2) is 13.1. The van der Waals surface area contributed by atoms with Crippen molar-refractivity contribution in [2.75, 3.05) is 6.61 Å². The molecule has 40 heavy (non-hydrogen) atoms. The zero-order chi connectivity index (χ0) is 28.6. The quantitative estimate of drug-likeness (QED) is 0.0770. The van der Waals surface area contributed by atoms with Gasteiger partial charge in [0, 0.05) is 28.6 Å². The molecule has 0 aliphatic rings. The van der Waals surface area contributed by atoms with Gasteiger partial charge in [0.1, 0.15) is 12.0 Å². The molecular formula is C29H28BrN5O5. The van der Waals surface area contributed by atoms with Crippen LogP contribution in [0.3, 0.4) is 0 Å². The van der Waals surface area contributed by atoms with Crippen LogP contribution >= 0.6 is 15.9 Å². The average molecular weight is 606 g/mol. The summed E-state index contributed by atoms with van der Waals surface area (Å²) in [6, 6.07) is 11.8. The van der Waals surface area contributed by atoms with Crippen molar-refractivity contribution >= 4 is 38.7 Å². The number of aromatic nitrogens is 3.